The van der Waals surface area contributed by atoms with Gasteiger partial charge in [0.1, 0.15) is 23.1 Å². The van der Waals surface area contributed by atoms with Gasteiger partial charge in [-0.1, -0.05) is 6.07 Å². The Morgan fingerprint density at radius 2 is 1.57 bits per heavy atom. The van der Waals surface area contributed by atoms with Gasteiger partial charge in [0.2, 0.25) is 0 Å². The van der Waals surface area contributed by atoms with Crippen LogP contribution in [-0.2, 0) is 26.7 Å². The highest BCUT2D eigenvalue weighted by Crippen LogP contribution is 2.41. The van der Waals surface area contributed by atoms with Gasteiger partial charge in [-0.05, 0) is 36.4 Å². The quantitative estimate of drug-likeness (QED) is 0.0892. The number of sulfonamides is 1. The van der Waals surface area contributed by atoms with Gasteiger partial charge in [0.25, 0.3) is 10.0 Å². The monoisotopic (exact) mass is 713 g/mol. The number of halogens is 4. The normalized spacial score (nSPS) is 12.1. The lowest BCUT2D eigenvalue weighted by Gasteiger charge is -2.23. The zero-order valence-electron chi connectivity index (χ0n) is 24.5. The Morgan fingerprint density at radius 3 is 2.21 bits per heavy atom. The number of alkyl halides is 3. The van der Waals surface area contributed by atoms with Crippen LogP contribution >= 0.6 is 11.3 Å². The SMILES string of the molecule is COc1ccc(CN(c2nccs2)S(=O)(=O)c2ccc3c(-c4ccc(F)cc4OC)ncc(OS(=O)(=O)C(F)(F)F)c3c2)c(OC)c1. The summed E-state index contributed by atoms with van der Waals surface area (Å²) < 4.78 is 128. The molecular weight excluding hydrogens is 691 g/mol. The van der Waals surface area contributed by atoms with Crippen LogP contribution in [-0.4, -0.2) is 53.6 Å². The van der Waals surface area contributed by atoms with E-state index in [4.69, 9.17) is 14.2 Å². The first-order valence-electron chi connectivity index (χ1n) is 13.1. The Hall–Kier alpha value is -4.68. The molecular formula is C29H23F4N3O8S3. The number of methoxy groups -OCH3 is 3. The summed E-state index contributed by atoms with van der Waals surface area (Å²) in [5.74, 6) is -0.813. The maximum absolute atomic E-state index is 14.3. The number of benzene rings is 3. The zero-order chi connectivity index (χ0) is 34.1. The standard InChI is InChI=1S/C29H23F4N3O8S3/c1-41-19-6-4-17(24(13-19)42-2)16-36(28-34-10-11-45-28)46(37,38)20-7-9-21-23(14-20)26(44-47(39,40)29(31,32)33)15-35-27(21)22-8-5-18(30)12-25(22)43-3/h4-15H,16H2,1-3H3. The minimum Gasteiger partial charge on any atom is -0.497 e. The van der Waals surface area contributed by atoms with Crippen LogP contribution in [0.5, 0.6) is 23.0 Å². The number of anilines is 1. The molecule has 0 saturated carbocycles. The van der Waals surface area contributed by atoms with Crippen LogP contribution in [0.25, 0.3) is 22.0 Å². The number of aromatic nitrogens is 2. The molecule has 18 heteroatoms. The Balaban J connectivity index is 1.72. The van der Waals surface area contributed by atoms with Crippen LogP contribution in [0.1, 0.15) is 5.56 Å². The fourth-order valence-electron chi connectivity index (χ4n) is 4.52. The molecule has 0 radical (unpaired) electrons. The number of nitrogens with zero attached hydrogens (tertiary/aromatic N) is 3. The van der Waals surface area contributed by atoms with Gasteiger partial charge in [0.05, 0.1) is 44.7 Å². The summed E-state index contributed by atoms with van der Waals surface area (Å²) in [5.41, 5.74) is -5.20. The van der Waals surface area contributed by atoms with Crippen molar-refractivity contribution in [3.05, 3.63) is 83.8 Å². The lowest BCUT2D eigenvalue weighted by Crippen LogP contribution is -2.30. The molecule has 0 fully saturated rings. The maximum Gasteiger partial charge on any atom is 0.534 e. The van der Waals surface area contributed by atoms with E-state index in [0.29, 0.717) is 23.3 Å². The van der Waals surface area contributed by atoms with Crippen LogP contribution in [0.4, 0.5) is 22.7 Å². The summed E-state index contributed by atoms with van der Waals surface area (Å²) in [6.45, 7) is -0.290. The molecule has 0 bridgehead atoms. The van der Waals surface area contributed by atoms with Crippen molar-refractivity contribution in [2.75, 3.05) is 25.6 Å². The van der Waals surface area contributed by atoms with Gasteiger partial charge in [-0.2, -0.15) is 21.6 Å². The average molecular weight is 714 g/mol. The van der Waals surface area contributed by atoms with Crippen molar-refractivity contribution in [1.29, 1.82) is 0 Å². The van der Waals surface area contributed by atoms with Gasteiger partial charge in [-0.15, -0.1) is 11.3 Å². The largest absolute Gasteiger partial charge is 0.534 e. The van der Waals surface area contributed by atoms with Crippen LogP contribution < -0.4 is 22.7 Å². The Bertz CT molecular complexity index is 2160. The predicted molar refractivity (Wildman–Crippen MR) is 164 cm³/mol. The van der Waals surface area contributed by atoms with Gasteiger partial charge >= 0.3 is 15.6 Å². The molecule has 2 aromatic heterocycles. The van der Waals surface area contributed by atoms with Crippen molar-refractivity contribution < 1.29 is 52.8 Å². The number of hydrogen-bond acceptors (Lipinski definition) is 11. The number of pyridine rings is 1. The van der Waals surface area contributed by atoms with Gasteiger partial charge in [0.15, 0.2) is 10.9 Å². The topological polar surface area (TPSA) is 134 Å². The van der Waals surface area contributed by atoms with Crippen LogP contribution in [0.15, 0.2) is 77.3 Å². The molecule has 0 saturated heterocycles. The third-order valence-corrected chi connectivity index (χ3v) is 10.4. The Labute approximate surface area is 270 Å². The van der Waals surface area contributed by atoms with Crippen molar-refractivity contribution in [2.24, 2.45) is 0 Å². The van der Waals surface area contributed by atoms with E-state index in [9.17, 15) is 34.4 Å². The van der Waals surface area contributed by atoms with Crippen molar-refractivity contribution in [3.63, 3.8) is 0 Å². The second-order valence-electron chi connectivity index (χ2n) is 9.51. The third-order valence-electron chi connectivity index (χ3n) is 6.75. The molecule has 0 unspecified atom stereocenters. The third kappa shape index (κ3) is 6.61. The number of rotatable bonds is 11. The minimum atomic E-state index is -6.20. The zero-order valence-corrected chi connectivity index (χ0v) is 26.9. The highest BCUT2D eigenvalue weighted by molar-refractivity contribution is 7.93. The predicted octanol–water partition coefficient (Wildman–Crippen LogP) is 6.15. The second kappa shape index (κ2) is 12.8. The van der Waals surface area contributed by atoms with Gasteiger partial charge in [-0.3, -0.25) is 4.98 Å². The van der Waals surface area contributed by atoms with E-state index in [1.807, 2.05) is 0 Å². The molecule has 248 valence electrons. The molecule has 0 atom stereocenters. The molecule has 5 rings (SSSR count). The summed E-state index contributed by atoms with van der Waals surface area (Å²) in [5, 5.41) is 1.20. The highest BCUT2D eigenvalue weighted by Gasteiger charge is 2.49. The molecule has 0 amide bonds. The Morgan fingerprint density at radius 1 is 0.830 bits per heavy atom. The van der Waals surface area contributed by atoms with Crippen molar-refractivity contribution in [1.82, 2.24) is 9.97 Å². The van der Waals surface area contributed by atoms with Gasteiger partial charge in [-0.25, -0.2) is 22.1 Å². The van der Waals surface area contributed by atoms with Crippen LogP contribution in [0.3, 0.4) is 0 Å². The summed E-state index contributed by atoms with van der Waals surface area (Å²) in [6, 6.07) is 11.5. The van der Waals surface area contributed by atoms with E-state index in [2.05, 4.69) is 14.2 Å². The summed E-state index contributed by atoms with van der Waals surface area (Å²) in [4.78, 5) is 7.78. The molecule has 0 spiro atoms. The van der Waals surface area contributed by atoms with Crippen molar-refractivity contribution in [3.8, 4) is 34.3 Å². The number of ether oxygens (including phenoxy) is 3. The first-order chi connectivity index (χ1) is 22.2. The molecule has 0 aliphatic heterocycles. The van der Waals surface area contributed by atoms with Gasteiger partial charge < -0.3 is 18.4 Å². The average Bonchev–Trinajstić information content (AvgIpc) is 3.57. The molecule has 0 aliphatic carbocycles. The minimum absolute atomic E-state index is 0.00420. The lowest BCUT2D eigenvalue weighted by atomic mass is 10.0. The first-order valence-corrected chi connectivity index (χ1v) is 16.8. The van der Waals surface area contributed by atoms with E-state index in [0.717, 1.165) is 39.9 Å². The molecule has 11 nitrogen and oxygen atoms in total. The first kappa shape index (κ1) is 33.7. The van der Waals surface area contributed by atoms with E-state index in [1.54, 1.807) is 23.6 Å². The van der Waals surface area contributed by atoms with Crippen LogP contribution in [0, 0.1) is 5.82 Å². The molecule has 3 aromatic carbocycles. The fourth-order valence-corrected chi connectivity index (χ4v) is 7.28. The molecule has 5 aromatic rings. The molecule has 47 heavy (non-hydrogen) atoms. The second-order valence-corrected chi connectivity index (χ2v) is 13.8. The van der Waals surface area contributed by atoms with Crippen LogP contribution in [0.2, 0.25) is 0 Å². The number of hydrogen-bond donors (Lipinski definition) is 0. The van der Waals surface area contributed by atoms with Gasteiger partial charge in [0, 0.05) is 45.6 Å². The Kier molecular flexibility index (Phi) is 9.20. The summed E-state index contributed by atoms with van der Waals surface area (Å²) in [7, 11) is -6.67. The molecule has 2 heterocycles. The highest BCUT2D eigenvalue weighted by atomic mass is 32.2. The lowest BCUT2D eigenvalue weighted by molar-refractivity contribution is -0.0499. The number of fused-ring (bicyclic) bond motifs is 1. The van der Waals surface area contributed by atoms with Crippen molar-refractivity contribution >= 4 is 47.4 Å². The van der Waals surface area contributed by atoms with E-state index < -0.39 is 42.1 Å². The van der Waals surface area contributed by atoms with Crippen molar-refractivity contribution in [2.45, 2.75) is 16.9 Å². The van der Waals surface area contributed by atoms with E-state index in [-0.39, 0.29) is 39.5 Å². The fraction of sp³-hybridized carbons (Fsp3) is 0.172. The van der Waals surface area contributed by atoms with E-state index >= 15 is 0 Å². The number of thiazole rings is 1. The summed E-state index contributed by atoms with van der Waals surface area (Å²) >= 11 is 1.00. The maximum atomic E-state index is 14.3. The van der Waals surface area contributed by atoms with E-state index in [1.165, 1.54) is 39.7 Å². The molecule has 0 aliphatic rings. The summed E-state index contributed by atoms with van der Waals surface area (Å²) in [6.07, 6.45) is 2.08. The smallest absolute Gasteiger partial charge is 0.497 e. The molecule has 0 N–H and O–H groups in total.